The Labute approximate surface area is 167 Å². The van der Waals surface area contributed by atoms with Crippen LogP contribution in [0.15, 0.2) is 18.3 Å². The van der Waals surface area contributed by atoms with Crippen molar-refractivity contribution >= 4 is 11.6 Å². The fourth-order valence-electron chi connectivity index (χ4n) is 4.60. The van der Waals surface area contributed by atoms with Crippen LogP contribution in [0.5, 0.6) is 0 Å². The van der Waals surface area contributed by atoms with Gasteiger partial charge in [-0.05, 0) is 62.8 Å². The van der Waals surface area contributed by atoms with Crippen LogP contribution in [0.25, 0.3) is 5.65 Å². The summed E-state index contributed by atoms with van der Waals surface area (Å²) in [7, 11) is 0. The number of aliphatic hydroxyl groups is 1. The molecular weight excluding hydrogens is 352 g/mol. The normalized spacial score (nSPS) is 21.8. The molecule has 0 bridgehead atoms. The van der Waals surface area contributed by atoms with E-state index in [0.29, 0.717) is 18.2 Å². The summed E-state index contributed by atoms with van der Waals surface area (Å²) in [5.41, 5.74) is 3.60. The van der Waals surface area contributed by atoms with E-state index < -0.39 is 0 Å². The lowest BCUT2D eigenvalue weighted by Gasteiger charge is -2.31. The van der Waals surface area contributed by atoms with Crippen LogP contribution < -0.4 is 0 Å². The molecule has 1 N–H and O–H groups in total. The van der Waals surface area contributed by atoms with Gasteiger partial charge in [-0.1, -0.05) is 12.8 Å². The molecule has 0 aliphatic carbocycles. The molecule has 152 valence electrons. The van der Waals surface area contributed by atoms with Crippen molar-refractivity contribution in [2.24, 2.45) is 5.92 Å². The van der Waals surface area contributed by atoms with Crippen molar-refractivity contribution in [1.29, 1.82) is 0 Å². The Balaban J connectivity index is 1.66. The van der Waals surface area contributed by atoms with Crippen LogP contribution in [0.4, 0.5) is 0 Å². The molecule has 1 atom stereocenters. The first-order valence-corrected chi connectivity index (χ1v) is 10.8. The molecule has 2 fully saturated rings. The number of nitrogens with zero attached hydrogens (tertiary/aromatic N) is 4. The Bertz CT molecular complexity index is 823. The molecule has 0 radical (unpaired) electrons. The number of hydrogen-bond acceptors (Lipinski definition) is 4. The molecule has 0 spiro atoms. The number of pyridine rings is 1. The van der Waals surface area contributed by atoms with Gasteiger partial charge in [0.25, 0.3) is 5.91 Å². The quantitative estimate of drug-likeness (QED) is 0.881. The van der Waals surface area contributed by atoms with E-state index in [1.165, 1.54) is 12.8 Å². The predicted molar refractivity (Wildman–Crippen MR) is 109 cm³/mol. The molecule has 2 saturated heterocycles. The van der Waals surface area contributed by atoms with Crippen molar-refractivity contribution in [1.82, 2.24) is 19.2 Å². The number of aryl methyl sites for hydroxylation is 1. The zero-order valence-corrected chi connectivity index (χ0v) is 16.9. The molecule has 6 nitrogen and oxygen atoms in total. The number of imidazole rings is 1. The van der Waals surface area contributed by atoms with Crippen molar-refractivity contribution < 1.29 is 9.90 Å². The van der Waals surface area contributed by atoms with Crippen LogP contribution in [0.1, 0.15) is 60.3 Å². The molecule has 28 heavy (non-hydrogen) atoms. The molecule has 0 aromatic carbocycles. The SMILES string of the molecule is Cc1ccn2c(CN3CCC[C@@H](CO)C3)c(C(=O)N3CCCCCC3)nc2c1. The van der Waals surface area contributed by atoms with E-state index in [1.54, 1.807) is 0 Å². The number of carbonyl (C=O) groups is 1. The van der Waals surface area contributed by atoms with E-state index in [2.05, 4.69) is 28.4 Å². The van der Waals surface area contributed by atoms with Gasteiger partial charge in [0.05, 0.1) is 5.69 Å². The Morgan fingerprint density at radius 3 is 2.71 bits per heavy atom. The van der Waals surface area contributed by atoms with Gasteiger partial charge in [-0.3, -0.25) is 9.69 Å². The second kappa shape index (κ2) is 8.62. The molecule has 6 heteroatoms. The second-order valence-corrected chi connectivity index (χ2v) is 8.47. The number of amides is 1. The zero-order chi connectivity index (χ0) is 19.5. The number of hydrogen-bond donors (Lipinski definition) is 1. The van der Waals surface area contributed by atoms with Gasteiger partial charge in [-0.15, -0.1) is 0 Å². The van der Waals surface area contributed by atoms with Gasteiger partial charge in [-0.2, -0.15) is 0 Å². The first kappa shape index (κ1) is 19.4. The number of aromatic nitrogens is 2. The Hall–Kier alpha value is -1.92. The van der Waals surface area contributed by atoms with E-state index >= 15 is 0 Å². The van der Waals surface area contributed by atoms with Gasteiger partial charge in [-0.25, -0.2) is 4.98 Å². The lowest BCUT2D eigenvalue weighted by atomic mass is 9.99. The largest absolute Gasteiger partial charge is 0.396 e. The molecule has 2 aliphatic heterocycles. The van der Waals surface area contributed by atoms with E-state index in [0.717, 1.165) is 68.8 Å². The van der Waals surface area contributed by atoms with Crippen LogP contribution in [0, 0.1) is 12.8 Å². The lowest BCUT2D eigenvalue weighted by Crippen LogP contribution is -2.38. The van der Waals surface area contributed by atoms with Crippen molar-refractivity contribution in [3.8, 4) is 0 Å². The van der Waals surface area contributed by atoms with Gasteiger partial charge in [0.2, 0.25) is 0 Å². The molecule has 0 saturated carbocycles. The van der Waals surface area contributed by atoms with E-state index in [9.17, 15) is 9.90 Å². The first-order chi connectivity index (χ1) is 13.7. The van der Waals surface area contributed by atoms with Crippen LogP contribution in [-0.2, 0) is 6.54 Å². The summed E-state index contributed by atoms with van der Waals surface area (Å²) in [6, 6.07) is 4.13. The molecule has 2 aliphatic rings. The Morgan fingerprint density at radius 2 is 1.96 bits per heavy atom. The summed E-state index contributed by atoms with van der Waals surface area (Å²) < 4.78 is 2.08. The number of fused-ring (bicyclic) bond motifs is 1. The van der Waals surface area contributed by atoms with Crippen molar-refractivity contribution in [2.75, 3.05) is 32.8 Å². The van der Waals surface area contributed by atoms with Gasteiger partial charge in [0.15, 0.2) is 5.69 Å². The van der Waals surface area contributed by atoms with Crippen LogP contribution in [0.3, 0.4) is 0 Å². The second-order valence-electron chi connectivity index (χ2n) is 8.47. The summed E-state index contributed by atoms with van der Waals surface area (Å²) in [6.45, 7) is 6.56. The summed E-state index contributed by atoms with van der Waals surface area (Å²) in [5, 5.41) is 9.57. The van der Waals surface area contributed by atoms with Crippen LogP contribution in [0.2, 0.25) is 0 Å². The summed E-state index contributed by atoms with van der Waals surface area (Å²) in [5.74, 6) is 0.411. The Kier molecular flexibility index (Phi) is 5.97. The fraction of sp³-hybridized carbons (Fsp3) is 0.636. The maximum atomic E-state index is 13.4. The molecule has 1 amide bonds. The van der Waals surface area contributed by atoms with Crippen molar-refractivity contribution in [3.05, 3.63) is 35.3 Å². The molecule has 0 unspecified atom stereocenters. The molecule has 4 heterocycles. The number of carbonyl (C=O) groups excluding carboxylic acids is 1. The van der Waals surface area contributed by atoms with Gasteiger partial charge < -0.3 is 14.4 Å². The standard InChI is InChI=1S/C22H32N4O2/c1-17-8-12-26-19(15-24-9-6-7-18(14-24)16-27)21(23-20(26)13-17)22(28)25-10-4-2-3-5-11-25/h8,12-13,18,27H,2-7,9-11,14-16H2,1H3/t18-/m1/s1. The number of likely N-dealkylation sites (tertiary alicyclic amines) is 2. The minimum absolute atomic E-state index is 0.0778. The summed E-state index contributed by atoms with van der Waals surface area (Å²) in [6.07, 6.45) is 8.79. The lowest BCUT2D eigenvalue weighted by molar-refractivity contribution is 0.0751. The number of aliphatic hydroxyl groups excluding tert-OH is 1. The average Bonchev–Trinajstić information content (AvgIpc) is 2.88. The van der Waals surface area contributed by atoms with Gasteiger partial charge >= 0.3 is 0 Å². The zero-order valence-electron chi connectivity index (χ0n) is 16.9. The van der Waals surface area contributed by atoms with Crippen molar-refractivity contribution in [3.63, 3.8) is 0 Å². The highest BCUT2D eigenvalue weighted by atomic mass is 16.3. The fourth-order valence-corrected chi connectivity index (χ4v) is 4.60. The average molecular weight is 385 g/mol. The highest BCUT2D eigenvalue weighted by molar-refractivity contribution is 5.94. The smallest absolute Gasteiger partial charge is 0.274 e. The molecule has 4 rings (SSSR count). The predicted octanol–water partition coefficient (Wildman–Crippen LogP) is 2.86. The maximum Gasteiger partial charge on any atom is 0.274 e. The topological polar surface area (TPSA) is 61.1 Å². The third-order valence-corrected chi connectivity index (χ3v) is 6.21. The van der Waals surface area contributed by atoms with Gasteiger partial charge in [0.1, 0.15) is 5.65 Å². The monoisotopic (exact) mass is 384 g/mol. The number of piperidine rings is 1. The maximum absolute atomic E-state index is 13.4. The van der Waals surface area contributed by atoms with E-state index in [1.807, 2.05) is 11.1 Å². The van der Waals surface area contributed by atoms with Gasteiger partial charge in [0, 0.05) is 39.0 Å². The molecular formula is C22H32N4O2. The minimum Gasteiger partial charge on any atom is -0.396 e. The third-order valence-electron chi connectivity index (χ3n) is 6.21. The summed E-state index contributed by atoms with van der Waals surface area (Å²) >= 11 is 0. The van der Waals surface area contributed by atoms with E-state index in [4.69, 9.17) is 4.98 Å². The van der Waals surface area contributed by atoms with Crippen LogP contribution in [-0.4, -0.2) is 63.0 Å². The summed E-state index contributed by atoms with van der Waals surface area (Å²) in [4.78, 5) is 22.5. The highest BCUT2D eigenvalue weighted by Gasteiger charge is 2.27. The first-order valence-electron chi connectivity index (χ1n) is 10.8. The molecule has 2 aromatic heterocycles. The number of rotatable bonds is 4. The van der Waals surface area contributed by atoms with Crippen molar-refractivity contribution in [2.45, 2.75) is 52.0 Å². The highest BCUT2D eigenvalue weighted by Crippen LogP contribution is 2.23. The van der Waals surface area contributed by atoms with Crippen LogP contribution >= 0.6 is 0 Å². The molecule has 2 aromatic rings. The third kappa shape index (κ3) is 4.08. The Morgan fingerprint density at radius 1 is 1.18 bits per heavy atom. The van der Waals surface area contributed by atoms with E-state index in [-0.39, 0.29) is 12.5 Å². The minimum atomic E-state index is 0.0778.